The Morgan fingerprint density at radius 2 is 2.06 bits per heavy atom. The van der Waals surface area contributed by atoms with Crippen LogP contribution < -0.4 is 10.6 Å². The summed E-state index contributed by atoms with van der Waals surface area (Å²) in [5.41, 5.74) is 0.407. The lowest BCUT2D eigenvalue weighted by atomic mass is 9.79. The van der Waals surface area contributed by atoms with E-state index in [1.165, 1.54) is 38.6 Å². The van der Waals surface area contributed by atoms with E-state index < -0.39 is 0 Å². The minimum absolute atomic E-state index is 0.407. The first kappa shape index (κ1) is 13.7. The van der Waals surface area contributed by atoms with E-state index in [4.69, 9.17) is 0 Å². The summed E-state index contributed by atoms with van der Waals surface area (Å²) in [5.74, 6) is 0. The monoisotopic (exact) mass is 256 g/mol. The highest BCUT2D eigenvalue weighted by Crippen LogP contribution is 2.30. The highest BCUT2D eigenvalue weighted by Gasteiger charge is 2.34. The van der Waals surface area contributed by atoms with Crippen LogP contribution in [-0.2, 0) is 0 Å². The van der Waals surface area contributed by atoms with Crippen LogP contribution in [0.4, 0.5) is 0 Å². The van der Waals surface area contributed by atoms with Gasteiger partial charge in [-0.2, -0.15) is 11.8 Å². The van der Waals surface area contributed by atoms with E-state index in [1.54, 1.807) is 0 Å². The average molecular weight is 256 g/mol. The molecule has 3 unspecified atom stereocenters. The Labute approximate surface area is 111 Å². The zero-order valence-corrected chi connectivity index (χ0v) is 12.4. The molecule has 0 aromatic rings. The Bertz CT molecular complexity index is 242. The molecular weight excluding hydrogens is 228 g/mol. The van der Waals surface area contributed by atoms with Crippen LogP contribution in [0.5, 0.6) is 0 Å². The lowest BCUT2D eigenvalue weighted by molar-refractivity contribution is 0.162. The molecule has 2 fully saturated rings. The summed E-state index contributed by atoms with van der Waals surface area (Å²) in [7, 11) is 0. The van der Waals surface area contributed by atoms with E-state index in [0.29, 0.717) is 11.5 Å². The number of nitrogens with one attached hydrogen (secondary N) is 2. The van der Waals surface area contributed by atoms with Crippen molar-refractivity contribution >= 4 is 11.8 Å². The Hall–Kier alpha value is 0.270. The summed E-state index contributed by atoms with van der Waals surface area (Å²) in [6.07, 6.45) is 9.15. The second kappa shape index (κ2) is 5.94. The first-order chi connectivity index (χ1) is 8.12. The predicted molar refractivity (Wildman–Crippen MR) is 77.8 cm³/mol. The van der Waals surface area contributed by atoms with Gasteiger partial charge in [-0.3, -0.25) is 0 Å². The van der Waals surface area contributed by atoms with Crippen molar-refractivity contribution in [2.45, 2.75) is 63.3 Å². The highest BCUT2D eigenvalue weighted by molar-refractivity contribution is 7.99. The molecule has 1 heterocycles. The smallest absolute Gasteiger partial charge is 0.0145 e. The Morgan fingerprint density at radius 3 is 2.76 bits per heavy atom. The SMILES string of the molecule is CSC1CCCC(NC2CCNCC2(C)C)C1. The van der Waals surface area contributed by atoms with Crippen molar-refractivity contribution in [3.63, 3.8) is 0 Å². The van der Waals surface area contributed by atoms with Gasteiger partial charge >= 0.3 is 0 Å². The molecule has 2 aliphatic rings. The van der Waals surface area contributed by atoms with Crippen LogP contribution in [0, 0.1) is 5.41 Å². The van der Waals surface area contributed by atoms with E-state index in [0.717, 1.165) is 17.8 Å². The number of hydrogen-bond donors (Lipinski definition) is 2. The molecule has 0 amide bonds. The standard InChI is InChI=1S/C14H28N2S/c1-14(2)10-15-8-7-13(14)16-11-5-4-6-12(9-11)17-3/h11-13,15-16H,4-10H2,1-3H3. The molecule has 0 spiro atoms. The first-order valence-electron chi connectivity index (χ1n) is 7.11. The van der Waals surface area contributed by atoms with E-state index >= 15 is 0 Å². The quantitative estimate of drug-likeness (QED) is 0.812. The van der Waals surface area contributed by atoms with Gasteiger partial charge in [0.25, 0.3) is 0 Å². The third-order valence-corrected chi connectivity index (χ3v) is 5.62. The fraction of sp³-hybridized carbons (Fsp3) is 1.00. The zero-order valence-electron chi connectivity index (χ0n) is 11.6. The van der Waals surface area contributed by atoms with Gasteiger partial charge in [-0.15, -0.1) is 0 Å². The fourth-order valence-electron chi connectivity index (χ4n) is 3.27. The molecule has 1 saturated carbocycles. The zero-order chi connectivity index (χ0) is 12.3. The number of hydrogen-bond acceptors (Lipinski definition) is 3. The highest BCUT2D eigenvalue weighted by atomic mass is 32.2. The minimum Gasteiger partial charge on any atom is -0.316 e. The molecule has 2 nitrogen and oxygen atoms in total. The fourth-order valence-corrected chi connectivity index (χ4v) is 4.10. The van der Waals surface area contributed by atoms with E-state index in [2.05, 4.69) is 42.5 Å². The molecule has 2 N–H and O–H groups in total. The molecule has 17 heavy (non-hydrogen) atoms. The van der Waals surface area contributed by atoms with E-state index in [9.17, 15) is 0 Å². The van der Waals surface area contributed by atoms with Gasteiger partial charge in [0.05, 0.1) is 0 Å². The van der Waals surface area contributed by atoms with Gasteiger partial charge in [-0.1, -0.05) is 20.3 Å². The van der Waals surface area contributed by atoms with Gasteiger partial charge in [0, 0.05) is 23.9 Å². The molecule has 1 aliphatic carbocycles. The molecule has 0 aromatic carbocycles. The van der Waals surface area contributed by atoms with Gasteiger partial charge in [0.15, 0.2) is 0 Å². The Kier molecular flexibility index (Phi) is 4.79. The van der Waals surface area contributed by atoms with Crippen molar-refractivity contribution in [3.05, 3.63) is 0 Å². The average Bonchev–Trinajstić information content (AvgIpc) is 2.32. The Balaban J connectivity index is 1.86. The number of piperidine rings is 1. The molecule has 1 saturated heterocycles. The third-order valence-electron chi connectivity index (χ3n) is 4.53. The van der Waals surface area contributed by atoms with Crippen molar-refractivity contribution < 1.29 is 0 Å². The lowest BCUT2D eigenvalue weighted by Crippen LogP contribution is -2.56. The molecule has 100 valence electrons. The Morgan fingerprint density at radius 1 is 1.24 bits per heavy atom. The first-order valence-corrected chi connectivity index (χ1v) is 8.40. The van der Waals surface area contributed by atoms with Crippen LogP contribution in [0.3, 0.4) is 0 Å². The second-order valence-electron chi connectivity index (χ2n) is 6.39. The summed E-state index contributed by atoms with van der Waals surface area (Å²) in [6.45, 7) is 7.13. The van der Waals surface area contributed by atoms with E-state index in [1.807, 2.05) is 0 Å². The summed E-state index contributed by atoms with van der Waals surface area (Å²) < 4.78 is 0. The van der Waals surface area contributed by atoms with Gasteiger partial charge in [-0.05, 0) is 43.9 Å². The van der Waals surface area contributed by atoms with Crippen LogP contribution in [0.25, 0.3) is 0 Å². The summed E-state index contributed by atoms with van der Waals surface area (Å²) in [6, 6.07) is 1.47. The normalized spacial score (nSPS) is 37.9. The van der Waals surface area contributed by atoms with Gasteiger partial charge in [0.1, 0.15) is 0 Å². The topological polar surface area (TPSA) is 24.1 Å². The summed E-state index contributed by atoms with van der Waals surface area (Å²) >= 11 is 2.06. The lowest BCUT2D eigenvalue weighted by Gasteiger charge is -2.43. The molecule has 0 aromatic heterocycles. The van der Waals surface area contributed by atoms with Crippen molar-refractivity contribution in [2.75, 3.05) is 19.3 Å². The van der Waals surface area contributed by atoms with Gasteiger partial charge in [-0.25, -0.2) is 0 Å². The number of rotatable bonds is 3. The van der Waals surface area contributed by atoms with Crippen LogP contribution in [0.15, 0.2) is 0 Å². The predicted octanol–water partition coefficient (Wildman–Crippen LogP) is 2.64. The van der Waals surface area contributed by atoms with E-state index in [-0.39, 0.29) is 0 Å². The van der Waals surface area contributed by atoms with Crippen LogP contribution >= 0.6 is 11.8 Å². The molecule has 0 bridgehead atoms. The van der Waals surface area contributed by atoms with Crippen molar-refractivity contribution in [1.29, 1.82) is 0 Å². The van der Waals surface area contributed by atoms with Crippen molar-refractivity contribution in [1.82, 2.24) is 10.6 Å². The van der Waals surface area contributed by atoms with Crippen molar-refractivity contribution in [3.8, 4) is 0 Å². The molecule has 2 rings (SSSR count). The molecule has 0 radical (unpaired) electrons. The minimum atomic E-state index is 0.407. The maximum absolute atomic E-state index is 3.96. The maximum Gasteiger partial charge on any atom is 0.0145 e. The van der Waals surface area contributed by atoms with Crippen LogP contribution in [0.2, 0.25) is 0 Å². The number of thioether (sulfide) groups is 1. The molecular formula is C14H28N2S. The van der Waals surface area contributed by atoms with Gasteiger partial charge in [0.2, 0.25) is 0 Å². The second-order valence-corrected chi connectivity index (χ2v) is 7.53. The molecule has 1 aliphatic heterocycles. The van der Waals surface area contributed by atoms with Crippen molar-refractivity contribution in [2.24, 2.45) is 5.41 Å². The van der Waals surface area contributed by atoms with Crippen LogP contribution in [0.1, 0.15) is 46.0 Å². The maximum atomic E-state index is 3.96. The van der Waals surface area contributed by atoms with Gasteiger partial charge < -0.3 is 10.6 Å². The summed E-state index contributed by atoms with van der Waals surface area (Å²) in [5, 5.41) is 8.37. The van der Waals surface area contributed by atoms with Crippen LogP contribution in [-0.4, -0.2) is 36.7 Å². The molecule has 3 heteroatoms. The molecule has 3 atom stereocenters. The third kappa shape index (κ3) is 3.62. The summed E-state index contributed by atoms with van der Waals surface area (Å²) in [4.78, 5) is 0. The largest absolute Gasteiger partial charge is 0.316 e.